The summed E-state index contributed by atoms with van der Waals surface area (Å²) in [5.74, 6) is 1.91. The van der Waals surface area contributed by atoms with Crippen LogP contribution in [0.2, 0.25) is 0 Å². The Kier molecular flexibility index (Phi) is 3.53. The highest BCUT2D eigenvalue weighted by Crippen LogP contribution is 2.35. The molecule has 0 bridgehead atoms. The van der Waals surface area contributed by atoms with E-state index in [1.807, 2.05) is 0 Å². The third-order valence-corrected chi connectivity index (χ3v) is 4.00. The number of fused-ring (bicyclic) bond motifs is 1. The lowest BCUT2D eigenvalue weighted by atomic mass is 10.1. The molecule has 0 saturated carbocycles. The molecular formula is C17H22N2O2. The van der Waals surface area contributed by atoms with Gasteiger partial charge in [-0.2, -0.15) is 0 Å². The van der Waals surface area contributed by atoms with E-state index in [0.717, 1.165) is 23.5 Å². The lowest BCUT2D eigenvalue weighted by molar-refractivity contribution is 0.254. The van der Waals surface area contributed by atoms with Gasteiger partial charge in [0.25, 0.3) is 0 Å². The second-order valence-corrected chi connectivity index (χ2v) is 5.69. The van der Waals surface area contributed by atoms with Crippen molar-refractivity contribution in [1.82, 2.24) is 4.68 Å². The predicted molar refractivity (Wildman–Crippen MR) is 83.8 cm³/mol. The van der Waals surface area contributed by atoms with Crippen LogP contribution in [0.1, 0.15) is 29.4 Å². The predicted octanol–water partition coefficient (Wildman–Crippen LogP) is 3.18. The molecule has 1 N–H and O–H groups in total. The summed E-state index contributed by atoms with van der Waals surface area (Å²) in [6, 6.07) is 8.41. The maximum absolute atomic E-state index is 5.84. The van der Waals surface area contributed by atoms with E-state index >= 15 is 0 Å². The van der Waals surface area contributed by atoms with Gasteiger partial charge in [-0.1, -0.05) is 0 Å². The average molecular weight is 286 g/mol. The summed E-state index contributed by atoms with van der Waals surface area (Å²) in [6.07, 6.45) is 1.21. The largest absolute Gasteiger partial charge is 0.496 e. The number of nitrogens with one attached hydrogen (secondary N) is 1. The molecule has 2 aromatic rings. The molecule has 1 aromatic carbocycles. The van der Waals surface area contributed by atoms with Crippen molar-refractivity contribution in [3.8, 4) is 11.5 Å². The van der Waals surface area contributed by atoms with E-state index in [0.29, 0.717) is 6.54 Å². The highest BCUT2D eigenvalue weighted by Gasteiger charge is 2.21. The van der Waals surface area contributed by atoms with Crippen LogP contribution in [-0.2, 0) is 13.0 Å². The van der Waals surface area contributed by atoms with Crippen LogP contribution in [0.3, 0.4) is 0 Å². The van der Waals surface area contributed by atoms with Crippen molar-refractivity contribution in [2.45, 2.75) is 39.8 Å². The van der Waals surface area contributed by atoms with E-state index in [-0.39, 0.29) is 6.10 Å². The lowest BCUT2D eigenvalue weighted by Crippen LogP contribution is -2.17. The first-order valence-electron chi connectivity index (χ1n) is 7.33. The van der Waals surface area contributed by atoms with E-state index in [1.165, 1.54) is 17.0 Å². The van der Waals surface area contributed by atoms with Gasteiger partial charge in [0.15, 0.2) is 0 Å². The molecule has 2 heterocycles. The molecule has 3 rings (SSSR count). The quantitative estimate of drug-likeness (QED) is 0.937. The second kappa shape index (κ2) is 5.35. The zero-order valence-electron chi connectivity index (χ0n) is 13.1. The number of benzene rings is 1. The van der Waals surface area contributed by atoms with Gasteiger partial charge in [-0.05, 0) is 45.0 Å². The molecule has 4 nitrogen and oxygen atoms in total. The average Bonchev–Trinajstić information content (AvgIpc) is 2.97. The van der Waals surface area contributed by atoms with Crippen molar-refractivity contribution in [3.63, 3.8) is 0 Å². The Labute approximate surface area is 125 Å². The molecule has 1 atom stereocenters. The van der Waals surface area contributed by atoms with Crippen molar-refractivity contribution in [2.75, 3.05) is 12.5 Å². The molecule has 1 aromatic heterocycles. The van der Waals surface area contributed by atoms with E-state index in [4.69, 9.17) is 9.47 Å². The first kappa shape index (κ1) is 13.9. The van der Waals surface area contributed by atoms with Crippen LogP contribution < -0.4 is 14.9 Å². The molecule has 4 heteroatoms. The zero-order chi connectivity index (χ0) is 15.0. The fraction of sp³-hybridized carbons (Fsp3) is 0.412. The number of aryl methyl sites for hydroxylation is 2. The van der Waals surface area contributed by atoms with Gasteiger partial charge < -0.3 is 14.9 Å². The first-order chi connectivity index (χ1) is 10.1. The summed E-state index contributed by atoms with van der Waals surface area (Å²) in [6.45, 7) is 6.97. The summed E-state index contributed by atoms with van der Waals surface area (Å²) in [4.78, 5) is 0. The Balaban J connectivity index is 1.84. The van der Waals surface area contributed by atoms with Crippen molar-refractivity contribution < 1.29 is 9.47 Å². The first-order valence-corrected chi connectivity index (χ1v) is 7.33. The highest BCUT2D eigenvalue weighted by atomic mass is 16.5. The molecule has 112 valence electrons. The van der Waals surface area contributed by atoms with Crippen LogP contribution in [-0.4, -0.2) is 17.9 Å². The number of ether oxygens (including phenoxy) is 2. The number of methoxy groups -OCH3 is 1. The molecule has 1 aliphatic heterocycles. The second-order valence-electron chi connectivity index (χ2n) is 5.69. The van der Waals surface area contributed by atoms with E-state index in [2.05, 4.69) is 55.1 Å². The van der Waals surface area contributed by atoms with Gasteiger partial charge in [0.1, 0.15) is 17.6 Å². The maximum Gasteiger partial charge on any atom is 0.124 e. The van der Waals surface area contributed by atoms with Gasteiger partial charge in [0.05, 0.1) is 13.7 Å². The van der Waals surface area contributed by atoms with Gasteiger partial charge in [0.2, 0.25) is 0 Å². The third kappa shape index (κ3) is 2.58. The van der Waals surface area contributed by atoms with Crippen LogP contribution in [0.5, 0.6) is 11.5 Å². The summed E-state index contributed by atoms with van der Waals surface area (Å²) in [7, 11) is 1.72. The van der Waals surface area contributed by atoms with E-state index < -0.39 is 0 Å². The van der Waals surface area contributed by atoms with Crippen molar-refractivity contribution >= 4 is 0 Å². The molecule has 0 radical (unpaired) electrons. The third-order valence-electron chi connectivity index (χ3n) is 4.00. The summed E-state index contributed by atoms with van der Waals surface area (Å²) in [5, 5.41) is 0. The molecule has 0 spiro atoms. The fourth-order valence-corrected chi connectivity index (χ4v) is 2.89. The Morgan fingerprint density at radius 2 is 2.00 bits per heavy atom. The number of aromatic nitrogens is 1. The smallest absolute Gasteiger partial charge is 0.124 e. The maximum atomic E-state index is 5.84. The standard InChI is InChI=1S/C17H22N2O2/c1-11-5-6-12(2)19(11)18-10-15-9-17-14(7-13(3)21-17)8-16(15)20-4/h5-6,8-9,13,18H,7,10H2,1-4H3. The number of rotatable bonds is 4. The monoisotopic (exact) mass is 286 g/mol. The molecule has 1 aliphatic rings. The van der Waals surface area contributed by atoms with Crippen LogP contribution in [0.4, 0.5) is 0 Å². The summed E-state index contributed by atoms with van der Waals surface area (Å²) < 4.78 is 13.5. The van der Waals surface area contributed by atoms with Crippen LogP contribution in [0.25, 0.3) is 0 Å². The molecule has 0 amide bonds. The van der Waals surface area contributed by atoms with Crippen LogP contribution >= 0.6 is 0 Å². The minimum atomic E-state index is 0.252. The van der Waals surface area contributed by atoms with Gasteiger partial charge in [-0.15, -0.1) is 0 Å². The Bertz CT molecular complexity index is 642. The Morgan fingerprint density at radius 3 is 2.67 bits per heavy atom. The highest BCUT2D eigenvalue weighted by molar-refractivity contribution is 5.49. The van der Waals surface area contributed by atoms with Crippen molar-refractivity contribution in [3.05, 3.63) is 46.8 Å². The number of hydrogen-bond acceptors (Lipinski definition) is 3. The van der Waals surface area contributed by atoms with Gasteiger partial charge in [-0.25, -0.2) is 0 Å². The molecule has 1 unspecified atom stereocenters. The molecule has 0 saturated heterocycles. The Morgan fingerprint density at radius 1 is 1.29 bits per heavy atom. The molecular weight excluding hydrogens is 264 g/mol. The fourth-order valence-electron chi connectivity index (χ4n) is 2.89. The normalized spacial score (nSPS) is 16.5. The van der Waals surface area contributed by atoms with Gasteiger partial charge >= 0.3 is 0 Å². The number of nitrogens with zero attached hydrogens (tertiary/aromatic N) is 1. The minimum Gasteiger partial charge on any atom is -0.496 e. The van der Waals surface area contributed by atoms with Crippen molar-refractivity contribution in [1.29, 1.82) is 0 Å². The van der Waals surface area contributed by atoms with Crippen LogP contribution in [0.15, 0.2) is 24.3 Å². The summed E-state index contributed by atoms with van der Waals surface area (Å²) in [5.41, 5.74) is 8.16. The molecule has 21 heavy (non-hydrogen) atoms. The lowest BCUT2D eigenvalue weighted by Gasteiger charge is -2.15. The van der Waals surface area contributed by atoms with Crippen LogP contribution in [0, 0.1) is 13.8 Å². The topological polar surface area (TPSA) is 35.4 Å². The van der Waals surface area contributed by atoms with E-state index in [9.17, 15) is 0 Å². The molecule has 0 fully saturated rings. The SMILES string of the molecule is COc1cc2c(cc1CNn1c(C)ccc1C)OC(C)C2. The van der Waals surface area contributed by atoms with Gasteiger partial charge in [0, 0.05) is 28.9 Å². The van der Waals surface area contributed by atoms with E-state index in [1.54, 1.807) is 7.11 Å². The Hall–Kier alpha value is -2.10. The summed E-state index contributed by atoms with van der Waals surface area (Å²) >= 11 is 0. The number of hydrogen-bond donors (Lipinski definition) is 1. The molecule has 0 aliphatic carbocycles. The van der Waals surface area contributed by atoms with Gasteiger partial charge in [-0.3, -0.25) is 4.68 Å². The van der Waals surface area contributed by atoms with Crippen molar-refractivity contribution in [2.24, 2.45) is 0 Å². The minimum absolute atomic E-state index is 0.252. The zero-order valence-corrected chi connectivity index (χ0v) is 13.1.